The van der Waals surface area contributed by atoms with Crippen molar-refractivity contribution in [2.45, 2.75) is 44.9 Å². The fourth-order valence-electron chi connectivity index (χ4n) is 5.70. The molecule has 3 aromatic rings. The lowest BCUT2D eigenvalue weighted by Crippen LogP contribution is -2.44. The summed E-state index contributed by atoms with van der Waals surface area (Å²) in [5, 5.41) is 4.14. The molecule has 1 aliphatic heterocycles. The van der Waals surface area contributed by atoms with Crippen molar-refractivity contribution in [2.75, 3.05) is 6.54 Å². The minimum Gasteiger partial charge on any atom is -0.485 e. The van der Waals surface area contributed by atoms with Crippen LogP contribution >= 0.6 is 0 Å². The zero-order chi connectivity index (χ0) is 20.8. The maximum Gasteiger partial charge on any atom is 0.230 e. The van der Waals surface area contributed by atoms with Gasteiger partial charge in [-0.3, -0.25) is 4.79 Å². The number of carbonyl (C=O) groups excluding carboxylic acids is 1. The van der Waals surface area contributed by atoms with Crippen LogP contribution in [-0.2, 0) is 24.5 Å². The van der Waals surface area contributed by atoms with Crippen LogP contribution in [0, 0.1) is 17.8 Å². The molecule has 0 saturated heterocycles. The molecule has 4 atom stereocenters. The van der Waals surface area contributed by atoms with E-state index in [9.17, 15) is 4.79 Å². The van der Waals surface area contributed by atoms with E-state index in [-0.39, 0.29) is 24.3 Å². The van der Waals surface area contributed by atoms with Gasteiger partial charge in [-0.2, -0.15) is 4.98 Å². The number of carbonyl (C=O) groups is 1. The smallest absolute Gasteiger partial charge is 0.230 e. The molecule has 2 aliphatic carbocycles. The minimum absolute atomic E-state index is 0.00546. The van der Waals surface area contributed by atoms with Crippen LogP contribution < -0.4 is 4.74 Å². The Kier molecular flexibility index (Phi) is 4.51. The third-order valence-electron chi connectivity index (χ3n) is 7.14. The molecule has 160 valence electrons. The number of nitrogens with zero attached hydrogens (tertiary/aromatic N) is 5. The fourth-order valence-corrected chi connectivity index (χ4v) is 5.70. The topological polar surface area (TPSA) is 86.3 Å². The van der Waals surface area contributed by atoms with Gasteiger partial charge in [-0.15, -0.1) is 0 Å². The molecular formula is C23H25N5O3. The van der Waals surface area contributed by atoms with Crippen LogP contribution in [0.1, 0.15) is 42.7 Å². The number of para-hydroxylation sites is 1. The predicted octanol–water partition coefficient (Wildman–Crippen LogP) is 3.02. The van der Waals surface area contributed by atoms with Gasteiger partial charge in [-0.25, -0.2) is 4.98 Å². The number of rotatable bonds is 5. The van der Waals surface area contributed by atoms with Gasteiger partial charge in [-0.1, -0.05) is 23.4 Å². The number of benzene rings is 1. The molecule has 2 aromatic heterocycles. The fraction of sp³-hybridized carbons (Fsp3) is 0.478. The van der Waals surface area contributed by atoms with Gasteiger partial charge in [0.2, 0.25) is 17.6 Å². The average Bonchev–Trinajstić information content (AvgIpc) is 3.60. The number of aromatic nitrogens is 4. The van der Waals surface area contributed by atoms with Crippen LogP contribution in [0.4, 0.5) is 0 Å². The summed E-state index contributed by atoms with van der Waals surface area (Å²) in [7, 11) is 0. The third kappa shape index (κ3) is 3.30. The van der Waals surface area contributed by atoms with Gasteiger partial charge in [0.05, 0.1) is 18.4 Å². The molecule has 1 amide bonds. The SMILES string of the molecule is O=C([C@H]1[C@H]2CC[C@H](C2)[C@@H]1c1nc(COc2ccccc2)no1)N1CCn2ccnc2C1. The minimum atomic E-state index is -0.0800. The van der Waals surface area contributed by atoms with Gasteiger partial charge in [0.25, 0.3) is 0 Å². The predicted molar refractivity (Wildman–Crippen MR) is 110 cm³/mol. The van der Waals surface area contributed by atoms with Crippen molar-refractivity contribution in [1.29, 1.82) is 0 Å². The van der Waals surface area contributed by atoms with E-state index in [1.165, 1.54) is 0 Å². The molecule has 0 unspecified atom stereocenters. The quantitative estimate of drug-likeness (QED) is 0.632. The zero-order valence-corrected chi connectivity index (χ0v) is 17.3. The van der Waals surface area contributed by atoms with Crippen molar-refractivity contribution in [3.05, 3.63) is 60.3 Å². The number of hydrogen-bond donors (Lipinski definition) is 0. The zero-order valence-electron chi connectivity index (χ0n) is 17.3. The summed E-state index contributed by atoms with van der Waals surface area (Å²) in [5.41, 5.74) is 0. The first kappa shape index (κ1) is 18.6. The van der Waals surface area contributed by atoms with E-state index in [4.69, 9.17) is 9.26 Å². The maximum absolute atomic E-state index is 13.6. The Labute approximate surface area is 180 Å². The monoisotopic (exact) mass is 419 g/mol. The normalized spacial score (nSPS) is 26.8. The molecule has 8 heteroatoms. The lowest BCUT2D eigenvalue weighted by molar-refractivity contribution is -0.139. The Balaban J connectivity index is 1.19. The maximum atomic E-state index is 13.6. The van der Waals surface area contributed by atoms with Crippen molar-refractivity contribution >= 4 is 5.91 Å². The molecule has 2 bridgehead atoms. The number of amides is 1. The van der Waals surface area contributed by atoms with E-state index in [1.807, 2.05) is 41.4 Å². The molecule has 8 nitrogen and oxygen atoms in total. The molecule has 3 aliphatic rings. The molecule has 2 saturated carbocycles. The van der Waals surface area contributed by atoms with E-state index in [0.717, 1.165) is 43.9 Å². The summed E-state index contributed by atoms with van der Waals surface area (Å²) in [5.74, 6) is 3.82. The Bertz CT molecular complexity index is 1080. The number of ether oxygens (including phenoxy) is 1. The Morgan fingerprint density at radius 2 is 2.03 bits per heavy atom. The van der Waals surface area contributed by atoms with Crippen molar-refractivity contribution in [3.8, 4) is 5.75 Å². The first-order chi connectivity index (χ1) is 15.3. The summed E-state index contributed by atoms with van der Waals surface area (Å²) in [6.45, 7) is 2.35. The molecule has 0 N–H and O–H groups in total. The van der Waals surface area contributed by atoms with Gasteiger partial charge >= 0.3 is 0 Å². The van der Waals surface area contributed by atoms with Gasteiger partial charge in [-0.05, 0) is 43.2 Å². The summed E-state index contributed by atoms with van der Waals surface area (Å²) in [6.07, 6.45) is 7.10. The summed E-state index contributed by atoms with van der Waals surface area (Å²) < 4.78 is 13.6. The van der Waals surface area contributed by atoms with Crippen molar-refractivity contribution in [1.82, 2.24) is 24.6 Å². The molecule has 31 heavy (non-hydrogen) atoms. The Morgan fingerprint density at radius 1 is 1.16 bits per heavy atom. The molecule has 6 rings (SSSR count). The first-order valence-corrected chi connectivity index (χ1v) is 11.1. The van der Waals surface area contributed by atoms with Crippen molar-refractivity contribution in [2.24, 2.45) is 17.8 Å². The van der Waals surface area contributed by atoms with Crippen LogP contribution in [0.5, 0.6) is 5.75 Å². The summed E-state index contributed by atoms with van der Waals surface area (Å²) in [4.78, 5) is 24.6. The molecule has 3 heterocycles. The van der Waals surface area contributed by atoms with Crippen LogP contribution in [0.3, 0.4) is 0 Å². The van der Waals surface area contributed by atoms with E-state index in [0.29, 0.717) is 30.1 Å². The van der Waals surface area contributed by atoms with Gasteiger partial charge < -0.3 is 18.7 Å². The van der Waals surface area contributed by atoms with E-state index < -0.39 is 0 Å². The Morgan fingerprint density at radius 3 is 2.94 bits per heavy atom. The standard InChI is InChI=1S/C23H25N5O3/c29-23(28-11-10-27-9-8-24-19(27)13-28)21-16-7-6-15(12-16)20(21)22-25-18(26-31-22)14-30-17-4-2-1-3-5-17/h1-5,8-9,15-16,20-21H,6-7,10-14H2/t15-,16+,20+,21+/m1/s1. The average molecular weight is 419 g/mol. The van der Waals surface area contributed by atoms with E-state index in [1.54, 1.807) is 6.20 Å². The van der Waals surface area contributed by atoms with Gasteiger partial charge in [0, 0.05) is 25.5 Å². The number of hydrogen-bond acceptors (Lipinski definition) is 6. The molecule has 2 fully saturated rings. The molecule has 0 spiro atoms. The van der Waals surface area contributed by atoms with Gasteiger partial charge in [0.15, 0.2) is 6.61 Å². The second-order valence-electron chi connectivity index (χ2n) is 8.83. The first-order valence-electron chi connectivity index (χ1n) is 11.1. The number of fused-ring (bicyclic) bond motifs is 3. The van der Waals surface area contributed by atoms with Crippen molar-refractivity contribution < 1.29 is 14.1 Å². The second-order valence-corrected chi connectivity index (χ2v) is 8.83. The van der Waals surface area contributed by atoms with Crippen LogP contribution in [0.15, 0.2) is 47.2 Å². The third-order valence-corrected chi connectivity index (χ3v) is 7.14. The van der Waals surface area contributed by atoms with Crippen LogP contribution in [-0.4, -0.2) is 37.0 Å². The lowest BCUT2D eigenvalue weighted by atomic mass is 9.78. The second kappa shape index (κ2) is 7.51. The molecule has 0 radical (unpaired) electrons. The van der Waals surface area contributed by atoms with Crippen molar-refractivity contribution in [3.63, 3.8) is 0 Å². The Hall–Kier alpha value is -3.16. The van der Waals surface area contributed by atoms with E-state index in [2.05, 4.69) is 19.7 Å². The highest BCUT2D eigenvalue weighted by atomic mass is 16.5. The molecular weight excluding hydrogens is 394 g/mol. The summed E-state index contributed by atoms with van der Waals surface area (Å²) >= 11 is 0. The molecule has 1 aromatic carbocycles. The highest BCUT2D eigenvalue weighted by Crippen LogP contribution is 2.57. The van der Waals surface area contributed by atoms with E-state index >= 15 is 0 Å². The van der Waals surface area contributed by atoms with Crippen LogP contribution in [0.25, 0.3) is 0 Å². The van der Waals surface area contributed by atoms with Crippen LogP contribution in [0.2, 0.25) is 0 Å². The lowest BCUT2D eigenvalue weighted by Gasteiger charge is -2.34. The highest BCUT2D eigenvalue weighted by molar-refractivity contribution is 5.81. The highest BCUT2D eigenvalue weighted by Gasteiger charge is 2.54. The largest absolute Gasteiger partial charge is 0.485 e. The number of imidazole rings is 1. The van der Waals surface area contributed by atoms with Gasteiger partial charge in [0.1, 0.15) is 11.6 Å². The summed E-state index contributed by atoms with van der Waals surface area (Å²) in [6, 6.07) is 9.59.